The Balaban J connectivity index is 1.85. The fraction of sp³-hybridized carbons (Fsp3) is 0.355. The highest BCUT2D eigenvalue weighted by Gasteiger charge is 2.38. The zero-order valence-electron chi connectivity index (χ0n) is 25.7. The van der Waals surface area contributed by atoms with Crippen LogP contribution in [0, 0.1) is 0 Å². The number of anilines is 2. The Labute approximate surface area is 261 Å². The maximum atomic E-state index is 14.6. The normalized spacial score (nSPS) is 15.4. The molecule has 0 bridgehead atoms. The number of carbonyl (C=O) groups excluding carboxylic acids is 2. The van der Waals surface area contributed by atoms with Crippen LogP contribution < -0.4 is 25.4 Å². The first-order chi connectivity index (χ1) is 21.3. The third-order valence-corrected chi connectivity index (χ3v) is 10.0. The number of primary amides is 1. The zero-order chi connectivity index (χ0) is 33.1. The lowest BCUT2D eigenvalue weighted by molar-refractivity contribution is -0.133. The molecule has 240 valence electrons. The number of likely N-dealkylation sites (tertiary alicyclic amines) is 1. The predicted molar refractivity (Wildman–Crippen MR) is 168 cm³/mol. The molecule has 0 aliphatic carbocycles. The fourth-order valence-electron chi connectivity index (χ4n) is 5.29. The van der Waals surface area contributed by atoms with E-state index in [4.69, 9.17) is 15.2 Å². The van der Waals surface area contributed by atoms with E-state index >= 15 is 0 Å². The number of amides is 3. The lowest BCUT2D eigenvalue weighted by Crippen LogP contribution is -2.38. The van der Waals surface area contributed by atoms with E-state index in [-0.39, 0.29) is 22.2 Å². The van der Waals surface area contributed by atoms with Crippen molar-refractivity contribution in [1.29, 1.82) is 0 Å². The maximum absolute atomic E-state index is 14.6. The summed E-state index contributed by atoms with van der Waals surface area (Å²) >= 11 is 0. The average Bonchev–Trinajstić information content (AvgIpc) is 3.52. The molecule has 13 nitrogen and oxygen atoms in total. The Hall–Kier alpha value is -4.85. The zero-order valence-corrected chi connectivity index (χ0v) is 26.5. The van der Waals surface area contributed by atoms with E-state index in [9.17, 15) is 27.9 Å². The summed E-state index contributed by atoms with van der Waals surface area (Å²) in [5, 5.41) is 12.0. The van der Waals surface area contributed by atoms with Gasteiger partial charge in [-0.2, -0.15) is 0 Å². The molecular weight excluding hydrogens is 602 g/mol. The second kappa shape index (κ2) is 13.4. The lowest BCUT2D eigenvalue weighted by atomic mass is 10.0. The number of nitrogens with two attached hydrogens (primary N) is 1. The molecule has 3 aromatic rings. The van der Waals surface area contributed by atoms with E-state index in [1.807, 2.05) is 0 Å². The molecule has 1 aliphatic rings. The smallest absolute Gasteiger partial charge is 0.411 e. The molecule has 0 saturated carbocycles. The number of hydrogen-bond donors (Lipinski definition) is 3. The van der Waals surface area contributed by atoms with Crippen LogP contribution in [0.2, 0.25) is 0 Å². The van der Waals surface area contributed by atoms with Gasteiger partial charge in [-0.15, -0.1) is 0 Å². The molecule has 1 fully saturated rings. The third kappa shape index (κ3) is 6.80. The number of sulfone groups is 1. The van der Waals surface area contributed by atoms with Crippen LogP contribution in [0.5, 0.6) is 11.5 Å². The molecule has 14 heteroatoms. The van der Waals surface area contributed by atoms with Crippen LogP contribution in [-0.4, -0.2) is 74.4 Å². The van der Waals surface area contributed by atoms with E-state index < -0.39 is 39.2 Å². The van der Waals surface area contributed by atoms with Crippen molar-refractivity contribution in [2.45, 2.75) is 48.9 Å². The van der Waals surface area contributed by atoms with E-state index in [1.54, 1.807) is 43.0 Å². The van der Waals surface area contributed by atoms with Crippen LogP contribution >= 0.6 is 0 Å². The molecule has 0 radical (unpaired) electrons. The van der Waals surface area contributed by atoms with Crippen molar-refractivity contribution >= 4 is 39.1 Å². The first-order valence-electron chi connectivity index (χ1n) is 14.2. The van der Waals surface area contributed by atoms with Crippen molar-refractivity contribution in [3.05, 3.63) is 71.5 Å². The Morgan fingerprint density at radius 1 is 1.07 bits per heavy atom. The van der Waals surface area contributed by atoms with Crippen molar-refractivity contribution in [1.82, 2.24) is 9.88 Å². The maximum Gasteiger partial charge on any atom is 0.411 e. The van der Waals surface area contributed by atoms with Crippen molar-refractivity contribution in [3.8, 4) is 11.5 Å². The minimum atomic E-state index is -3.81. The van der Waals surface area contributed by atoms with Gasteiger partial charge in [0.15, 0.2) is 21.3 Å². The molecule has 1 aromatic heterocycles. The van der Waals surface area contributed by atoms with Gasteiger partial charge in [-0.3, -0.25) is 19.5 Å². The molecule has 2 atom stereocenters. The average molecular weight is 640 g/mol. The van der Waals surface area contributed by atoms with Gasteiger partial charge < -0.3 is 30.5 Å². The summed E-state index contributed by atoms with van der Waals surface area (Å²) in [5.41, 5.74) is 6.95. The number of benzene rings is 2. The predicted octanol–water partition coefficient (Wildman–Crippen LogP) is 4.01. The first-order valence-corrected chi connectivity index (χ1v) is 15.7. The number of aromatic nitrogens is 1. The molecule has 2 aromatic carbocycles. The molecule has 2 heterocycles. The van der Waals surface area contributed by atoms with Gasteiger partial charge >= 0.3 is 6.09 Å². The molecule has 45 heavy (non-hydrogen) atoms. The minimum Gasteiger partial charge on any atom is -0.493 e. The standard InChI is InChI=1S/C31H37N5O8S/c1-18(2)45(41,42)27-11-9-21(35(3)31(39)40)17-22(27)24-7-6-14-36(24)30(38)28(19-8-10-25(43-4)26(15-19)44-5)34-20-12-13-33-23(16-20)29(32)37/h8-13,15-18,24,28H,6-7,14H2,1-5H3,(H2,32,37)(H,33,34)(H,39,40)/t24-,28+/m1/s1. The second-order valence-electron chi connectivity index (χ2n) is 10.8. The van der Waals surface area contributed by atoms with Crippen LogP contribution in [0.15, 0.2) is 59.6 Å². The van der Waals surface area contributed by atoms with Gasteiger partial charge in [0.25, 0.3) is 5.91 Å². The van der Waals surface area contributed by atoms with Gasteiger partial charge in [0.1, 0.15) is 11.7 Å². The molecule has 1 aliphatic heterocycles. The summed E-state index contributed by atoms with van der Waals surface area (Å²) in [6, 6.07) is 10.7. The molecule has 4 rings (SSSR count). The van der Waals surface area contributed by atoms with Gasteiger partial charge in [0, 0.05) is 31.2 Å². The number of methoxy groups -OCH3 is 2. The van der Waals surface area contributed by atoms with E-state index in [1.165, 1.54) is 51.7 Å². The Morgan fingerprint density at radius 3 is 2.40 bits per heavy atom. The second-order valence-corrected chi connectivity index (χ2v) is 13.3. The Morgan fingerprint density at radius 2 is 1.78 bits per heavy atom. The molecule has 0 spiro atoms. The van der Waals surface area contributed by atoms with Crippen molar-refractivity contribution < 1.29 is 37.4 Å². The van der Waals surface area contributed by atoms with Crippen LogP contribution in [0.1, 0.15) is 60.4 Å². The van der Waals surface area contributed by atoms with E-state index in [0.717, 1.165) is 4.90 Å². The number of carboxylic acid groups (broad SMARTS) is 1. The molecule has 3 amide bonds. The van der Waals surface area contributed by atoms with Gasteiger partial charge in [-0.25, -0.2) is 13.2 Å². The number of nitrogens with zero attached hydrogens (tertiary/aromatic N) is 3. The van der Waals surface area contributed by atoms with E-state index in [0.29, 0.717) is 47.7 Å². The summed E-state index contributed by atoms with van der Waals surface area (Å²) in [6.07, 6.45) is 1.21. The number of rotatable bonds is 11. The Bertz CT molecular complexity index is 1710. The van der Waals surface area contributed by atoms with Crippen LogP contribution in [-0.2, 0) is 14.6 Å². The molecule has 4 N–H and O–H groups in total. The van der Waals surface area contributed by atoms with Crippen LogP contribution in [0.3, 0.4) is 0 Å². The number of hydrogen-bond acceptors (Lipinski definition) is 9. The number of ether oxygens (including phenoxy) is 2. The minimum absolute atomic E-state index is 0.000425. The van der Waals surface area contributed by atoms with Crippen molar-refractivity contribution in [3.63, 3.8) is 0 Å². The molecule has 1 saturated heterocycles. The molecule has 0 unspecified atom stereocenters. The van der Waals surface area contributed by atoms with Gasteiger partial charge in [-0.05, 0) is 80.3 Å². The topological polar surface area (TPSA) is 181 Å². The quantitative estimate of drug-likeness (QED) is 0.277. The highest BCUT2D eigenvalue weighted by Crippen LogP contribution is 2.41. The van der Waals surface area contributed by atoms with Crippen molar-refractivity contribution in [2.75, 3.05) is 38.0 Å². The fourth-order valence-corrected chi connectivity index (χ4v) is 6.58. The lowest BCUT2D eigenvalue weighted by Gasteiger charge is -2.32. The highest BCUT2D eigenvalue weighted by molar-refractivity contribution is 7.92. The highest BCUT2D eigenvalue weighted by atomic mass is 32.2. The third-order valence-electron chi connectivity index (χ3n) is 7.80. The largest absolute Gasteiger partial charge is 0.493 e. The summed E-state index contributed by atoms with van der Waals surface area (Å²) < 4.78 is 37.9. The SMILES string of the molecule is COc1ccc([C@H](Nc2ccnc(C(N)=O)c2)C(=O)N2CCC[C@@H]2c2cc(N(C)C(=O)O)ccc2S(=O)(=O)C(C)C)cc1OC. The Kier molecular flexibility index (Phi) is 9.86. The molecular formula is C31H37N5O8S. The van der Waals surface area contributed by atoms with Crippen molar-refractivity contribution in [2.24, 2.45) is 5.73 Å². The number of carbonyl (C=O) groups is 3. The van der Waals surface area contributed by atoms with E-state index in [2.05, 4.69) is 10.3 Å². The first kappa shape index (κ1) is 33.1. The number of pyridine rings is 1. The summed E-state index contributed by atoms with van der Waals surface area (Å²) in [6.45, 7) is 3.46. The summed E-state index contributed by atoms with van der Waals surface area (Å²) in [4.78, 5) is 44.8. The van der Waals surface area contributed by atoms with Crippen LogP contribution in [0.4, 0.5) is 16.2 Å². The monoisotopic (exact) mass is 639 g/mol. The van der Waals surface area contributed by atoms with Gasteiger partial charge in [-0.1, -0.05) is 6.07 Å². The number of nitrogens with one attached hydrogen (secondary N) is 1. The summed E-state index contributed by atoms with van der Waals surface area (Å²) in [7, 11) is 0.523. The summed E-state index contributed by atoms with van der Waals surface area (Å²) in [5.74, 6) is -0.284. The van der Waals surface area contributed by atoms with Gasteiger partial charge in [0.05, 0.1) is 30.4 Å². The van der Waals surface area contributed by atoms with Gasteiger partial charge in [0.2, 0.25) is 5.91 Å². The van der Waals surface area contributed by atoms with Crippen LogP contribution in [0.25, 0.3) is 0 Å².